The maximum Gasteiger partial charge on any atom is 0.437 e. The smallest absolute Gasteiger partial charge is 0.437 e. The summed E-state index contributed by atoms with van der Waals surface area (Å²) in [6.07, 6.45) is 5.41. The van der Waals surface area contributed by atoms with Gasteiger partial charge in [-0.2, -0.15) is 0 Å². The van der Waals surface area contributed by atoms with Gasteiger partial charge in [0.2, 0.25) is 17.8 Å². The number of rotatable bonds is 7. The molecule has 3 aliphatic rings. The van der Waals surface area contributed by atoms with E-state index in [2.05, 4.69) is 20.6 Å². The number of pyridine rings is 1. The Balaban J connectivity index is 1.46. The van der Waals surface area contributed by atoms with Crippen LogP contribution in [-0.2, 0) is 14.3 Å². The molecule has 4 atom stereocenters. The number of para-hydroxylation sites is 1. The van der Waals surface area contributed by atoms with Crippen LogP contribution in [0.5, 0.6) is 5.75 Å². The van der Waals surface area contributed by atoms with Crippen molar-refractivity contribution in [3.8, 4) is 5.75 Å². The summed E-state index contributed by atoms with van der Waals surface area (Å²) < 4.78 is 11.7. The molecule has 3 amide bonds. The first-order valence-electron chi connectivity index (χ1n) is 15.6. The number of nitrogens with zero attached hydrogens (tertiary/aromatic N) is 3. The monoisotopic (exact) mass is 603 g/mol. The van der Waals surface area contributed by atoms with Crippen LogP contribution in [0.15, 0.2) is 53.8 Å². The highest BCUT2D eigenvalue weighted by Gasteiger charge is 2.54. The first-order valence-corrected chi connectivity index (χ1v) is 15.6. The highest BCUT2D eigenvalue weighted by Crippen LogP contribution is 2.52. The number of nitrogens with one attached hydrogen (secondary N) is 2. The second kappa shape index (κ2) is 11.9. The Labute approximate surface area is 260 Å². The minimum Gasteiger partial charge on any atom is -0.487 e. The molecule has 0 bridgehead atoms. The fourth-order valence-corrected chi connectivity index (χ4v) is 6.46. The van der Waals surface area contributed by atoms with Gasteiger partial charge in [-0.25, -0.2) is 4.79 Å². The predicted octanol–water partition coefficient (Wildman–Crippen LogP) is 5.85. The minimum atomic E-state index is -0.781. The lowest BCUT2D eigenvalue weighted by Crippen LogP contribution is -2.63. The molecule has 3 heterocycles. The van der Waals surface area contributed by atoms with Gasteiger partial charge in [0, 0.05) is 35.8 Å². The van der Waals surface area contributed by atoms with Gasteiger partial charge in [-0.15, -0.1) is 4.99 Å². The molecular weight excluding hydrogens is 558 g/mol. The summed E-state index contributed by atoms with van der Waals surface area (Å²) >= 11 is 0. The number of guanidine groups is 1. The molecule has 1 saturated carbocycles. The van der Waals surface area contributed by atoms with Crippen LogP contribution in [-0.4, -0.2) is 50.5 Å². The number of aromatic nitrogens is 1. The van der Waals surface area contributed by atoms with E-state index in [-0.39, 0.29) is 42.1 Å². The van der Waals surface area contributed by atoms with Gasteiger partial charge in [-0.3, -0.25) is 19.5 Å². The average molecular weight is 604 g/mol. The van der Waals surface area contributed by atoms with Crippen molar-refractivity contribution in [3.63, 3.8) is 0 Å². The van der Waals surface area contributed by atoms with E-state index in [4.69, 9.17) is 9.47 Å². The molecule has 2 fully saturated rings. The Hall–Kier alpha value is -3.95. The Morgan fingerprint density at radius 3 is 2.57 bits per heavy atom. The molecule has 0 radical (unpaired) electrons. The second-order valence-corrected chi connectivity index (χ2v) is 13.9. The zero-order valence-corrected chi connectivity index (χ0v) is 26.8. The normalized spacial score (nSPS) is 25.2. The van der Waals surface area contributed by atoms with E-state index in [9.17, 15) is 14.4 Å². The zero-order chi connectivity index (χ0) is 31.9. The zero-order valence-electron chi connectivity index (χ0n) is 26.8. The number of aliphatic imine (C=N–C) groups is 1. The standard InChI is InChI=1S/C34H45N5O5/c1-8-34(9-2)19-27(40)39(30(38-34)37-31(42)44-32(3,4)5)28(21-13-12-16-35-20-21)23-17-24(23)29(41)36-25-18-33(6,7)43-26-15-11-10-14-22(25)26/h10-16,20,23-25,28H,8-9,17-19H2,1-7H3,(H,36,41)(H,37,38,42)/t23-,24-,25+,28-/m1/s1. The molecule has 0 unspecified atom stereocenters. The van der Waals surface area contributed by atoms with E-state index >= 15 is 0 Å². The van der Waals surface area contributed by atoms with E-state index in [1.165, 1.54) is 0 Å². The van der Waals surface area contributed by atoms with Crippen LogP contribution < -0.4 is 15.4 Å². The van der Waals surface area contributed by atoms with Gasteiger partial charge >= 0.3 is 6.09 Å². The van der Waals surface area contributed by atoms with Crippen molar-refractivity contribution in [2.45, 2.75) is 109 Å². The Bertz CT molecular complexity index is 1430. The SMILES string of the molecule is CCC1(CC)CC(=O)N([C@H](c2cccnc2)[C@@H]2C[C@H]2C(=O)N[C@H]2CC(C)(C)Oc3ccccc32)C(=NC(=O)OC(C)(C)C)N1. The maximum absolute atomic E-state index is 14.1. The van der Waals surface area contributed by atoms with Crippen molar-refractivity contribution in [2.24, 2.45) is 16.8 Å². The highest BCUT2D eigenvalue weighted by molar-refractivity contribution is 6.04. The Morgan fingerprint density at radius 2 is 1.91 bits per heavy atom. The van der Waals surface area contributed by atoms with Crippen molar-refractivity contribution in [3.05, 3.63) is 59.9 Å². The summed E-state index contributed by atoms with van der Waals surface area (Å²) in [5.74, 6) is 0.165. The fourth-order valence-electron chi connectivity index (χ4n) is 6.46. The number of amides is 3. The van der Waals surface area contributed by atoms with Crippen molar-refractivity contribution >= 4 is 23.9 Å². The third-order valence-electron chi connectivity index (χ3n) is 8.89. The summed E-state index contributed by atoms with van der Waals surface area (Å²) in [5, 5.41) is 6.73. The van der Waals surface area contributed by atoms with Gasteiger partial charge in [0.05, 0.1) is 18.5 Å². The van der Waals surface area contributed by atoms with E-state index in [0.717, 1.165) is 16.9 Å². The van der Waals surface area contributed by atoms with Gasteiger partial charge in [0.25, 0.3) is 0 Å². The molecule has 1 saturated heterocycles. The molecule has 2 aromatic rings. The van der Waals surface area contributed by atoms with E-state index < -0.39 is 28.9 Å². The number of benzene rings is 1. The molecule has 0 spiro atoms. The van der Waals surface area contributed by atoms with Crippen molar-refractivity contribution in [1.29, 1.82) is 0 Å². The van der Waals surface area contributed by atoms with Gasteiger partial charge in [0.1, 0.15) is 17.0 Å². The number of carbonyl (C=O) groups is 3. The molecule has 5 rings (SSSR count). The molecule has 10 heteroatoms. The molecule has 10 nitrogen and oxygen atoms in total. The van der Waals surface area contributed by atoms with Gasteiger partial charge in [-0.05, 0) is 77.5 Å². The molecule has 1 aliphatic carbocycles. The highest BCUT2D eigenvalue weighted by atomic mass is 16.6. The third-order valence-corrected chi connectivity index (χ3v) is 8.89. The summed E-state index contributed by atoms with van der Waals surface area (Å²) in [4.78, 5) is 51.1. The summed E-state index contributed by atoms with van der Waals surface area (Å²) in [6.45, 7) is 13.4. The Kier molecular flexibility index (Phi) is 8.48. The van der Waals surface area contributed by atoms with Crippen LogP contribution in [0.25, 0.3) is 0 Å². The number of ether oxygens (including phenoxy) is 2. The van der Waals surface area contributed by atoms with Crippen LogP contribution in [0.2, 0.25) is 0 Å². The third kappa shape index (κ3) is 6.74. The fraction of sp³-hybridized carbons (Fsp3) is 0.559. The maximum atomic E-state index is 14.1. The molecule has 1 aromatic carbocycles. The lowest BCUT2D eigenvalue weighted by molar-refractivity contribution is -0.133. The quantitative estimate of drug-likeness (QED) is 0.407. The van der Waals surface area contributed by atoms with E-state index in [1.54, 1.807) is 38.1 Å². The molecular formula is C34H45N5O5. The van der Waals surface area contributed by atoms with Crippen molar-refractivity contribution < 1.29 is 23.9 Å². The van der Waals surface area contributed by atoms with E-state index in [0.29, 0.717) is 25.7 Å². The topological polar surface area (TPSA) is 122 Å². The number of hydrogen-bond acceptors (Lipinski definition) is 6. The minimum absolute atomic E-state index is 0.0686. The first-order chi connectivity index (χ1) is 20.7. The summed E-state index contributed by atoms with van der Waals surface area (Å²) in [5.41, 5.74) is 0.00290. The van der Waals surface area contributed by atoms with Crippen LogP contribution in [0, 0.1) is 11.8 Å². The van der Waals surface area contributed by atoms with Gasteiger partial charge < -0.3 is 20.1 Å². The number of carbonyl (C=O) groups excluding carboxylic acids is 3. The van der Waals surface area contributed by atoms with Crippen LogP contribution in [0.3, 0.4) is 0 Å². The van der Waals surface area contributed by atoms with Crippen LogP contribution in [0.1, 0.15) is 104 Å². The largest absolute Gasteiger partial charge is 0.487 e. The molecule has 1 aromatic heterocycles. The molecule has 2 aliphatic heterocycles. The first kappa shape index (κ1) is 31.5. The van der Waals surface area contributed by atoms with Gasteiger partial charge in [-0.1, -0.05) is 38.1 Å². The Morgan fingerprint density at radius 1 is 1.18 bits per heavy atom. The molecule has 2 N–H and O–H groups in total. The lowest BCUT2D eigenvalue weighted by atomic mass is 9.85. The van der Waals surface area contributed by atoms with E-state index in [1.807, 2.05) is 64.1 Å². The molecule has 44 heavy (non-hydrogen) atoms. The predicted molar refractivity (Wildman–Crippen MR) is 167 cm³/mol. The van der Waals surface area contributed by atoms with Crippen LogP contribution >= 0.6 is 0 Å². The molecule has 236 valence electrons. The van der Waals surface area contributed by atoms with Crippen molar-refractivity contribution in [1.82, 2.24) is 20.5 Å². The van der Waals surface area contributed by atoms with Gasteiger partial charge in [0.15, 0.2) is 0 Å². The summed E-state index contributed by atoms with van der Waals surface area (Å²) in [7, 11) is 0. The average Bonchev–Trinajstić information content (AvgIpc) is 3.74. The lowest BCUT2D eigenvalue weighted by Gasteiger charge is -2.45. The van der Waals surface area contributed by atoms with Crippen LogP contribution in [0.4, 0.5) is 4.79 Å². The van der Waals surface area contributed by atoms with Crippen molar-refractivity contribution in [2.75, 3.05) is 0 Å². The second-order valence-electron chi connectivity index (χ2n) is 13.9. The number of hydrogen-bond donors (Lipinski definition) is 2. The number of fused-ring (bicyclic) bond motifs is 1. The summed E-state index contributed by atoms with van der Waals surface area (Å²) in [6, 6.07) is 10.8.